The van der Waals surface area contributed by atoms with Gasteiger partial charge in [-0.05, 0) is 26.0 Å². The molecule has 2 rings (SSSR count). The van der Waals surface area contributed by atoms with E-state index in [2.05, 4.69) is 16.0 Å². The number of anilines is 1. The van der Waals surface area contributed by atoms with Crippen molar-refractivity contribution in [3.05, 3.63) is 41.2 Å². The lowest BCUT2D eigenvalue weighted by Gasteiger charge is -2.17. The Bertz CT molecular complexity index is 597. The molecule has 0 fully saturated rings. The highest BCUT2D eigenvalue weighted by Gasteiger charge is 2.12. The van der Waals surface area contributed by atoms with Crippen LogP contribution in [-0.4, -0.2) is 17.0 Å². The molecule has 0 aromatic carbocycles. The molecule has 0 unspecified atom stereocenters. The molecule has 92 valence electrons. The van der Waals surface area contributed by atoms with Gasteiger partial charge in [0.05, 0.1) is 12.7 Å². The second-order valence-corrected chi connectivity index (χ2v) is 4.13. The zero-order valence-electron chi connectivity index (χ0n) is 10.6. The van der Waals surface area contributed by atoms with E-state index in [-0.39, 0.29) is 0 Å². The molecule has 2 aromatic rings. The quantitative estimate of drug-likeness (QED) is 0.825. The van der Waals surface area contributed by atoms with Crippen molar-refractivity contribution in [3.63, 3.8) is 0 Å². The van der Waals surface area contributed by atoms with Gasteiger partial charge in [0.15, 0.2) is 0 Å². The van der Waals surface area contributed by atoms with E-state index < -0.39 is 0 Å². The normalized spacial score (nSPS) is 10.1. The molecule has 2 aromatic heterocycles. The van der Waals surface area contributed by atoms with Gasteiger partial charge in [-0.3, -0.25) is 0 Å². The van der Waals surface area contributed by atoms with E-state index in [9.17, 15) is 0 Å². The number of aromatic nitrogens is 2. The number of furan rings is 1. The minimum atomic E-state index is 0.464. The third kappa shape index (κ3) is 2.48. The third-order valence-electron chi connectivity index (χ3n) is 2.56. The minimum Gasteiger partial charge on any atom is -0.464 e. The van der Waals surface area contributed by atoms with Crippen molar-refractivity contribution >= 4 is 5.82 Å². The molecule has 0 atom stereocenters. The summed E-state index contributed by atoms with van der Waals surface area (Å²) in [6.07, 6.45) is 1.54. The maximum Gasteiger partial charge on any atom is 0.150 e. The van der Waals surface area contributed by atoms with E-state index in [0.717, 1.165) is 11.5 Å². The number of nitrogens with zero attached hydrogens (tertiary/aromatic N) is 4. The van der Waals surface area contributed by atoms with Crippen molar-refractivity contribution in [2.75, 3.05) is 11.9 Å². The van der Waals surface area contributed by atoms with Gasteiger partial charge < -0.3 is 9.32 Å². The molecular weight excluding hydrogens is 228 g/mol. The molecule has 0 aliphatic heterocycles. The number of hydrogen-bond donors (Lipinski definition) is 0. The summed E-state index contributed by atoms with van der Waals surface area (Å²) < 4.78 is 5.51. The average Bonchev–Trinajstić information content (AvgIpc) is 2.74. The molecule has 0 N–H and O–H groups in total. The molecule has 2 heterocycles. The highest BCUT2D eigenvalue weighted by atomic mass is 16.3. The third-order valence-corrected chi connectivity index (χ3v) is 2.56. The lowest BCUT2D eigenvalue weighted by molar-refractivity contribution is 0.481. The molecule has 18 heavy (non-hydrogen) atoms. The van der Waals surface area contributed by atoms with Crippen LogP contribution in [0.15, 0.2) is 22.7 Å². The number of aryl methyl sites for hydroxylation is 2. The average molecular weight is 242 g/mol. The predicted octanol–water partition coefficient (Wildman–Crippen LogP) is 2.19. The van der Waals surface area contributed by atoms with Crippen LogP contribution in [0, 0.1) is 25.2 Å². The summed E-state index contributed by atoms with van der Waals surface area (Å²) in [7, 11) is 1.88. The molecule has 0 aliphatic carbocycles. The topological polar surface area (TPSA) is 66.0 Å². The molecule has 5 nitrogen and oxygen atoms in total. The van der Waals surface area contributed by atoms with Crippen LogP contribution < -0.4 is 4.90 Å². The first kappa shape index (κ1) is 12.1. The second-order valence-electron chi connectivity index (χ2n) is 4.13. The molecule has 0 radical (unpaired) electrons. The van der Waals surface area contributed by atoms with Crippen molar-refractivity contribution in [2.24, 2.45) is 0 Å². The van der Waals surface area contributed by atoms with Crippen LogP contribution in [0.25, 0.3) is 0 Å². The SMILES string of the molecule is Cc1ncc(C#N)c(N(C)Cc2ccc(C)o2)n1. The standard InChI is InChI=1S/C13H14N4O/c1-9-4-5-12(18-9)8-17(3)13-11(6-14)7-15-10(2)16-13/h4-5,7H,8H2,1-3H3. The van der Waals surface area contributed by atoms with E-state index in [4.69, 9.17) is 9.68 Å². The fourth-order valence-electron chi connectivity index (χ4n) is 1.71. The predicted molar refractivity (Wildman–Crippen MR) is 67.0 cm³/mol. The number of nitriles is 1. The van der Waals surface area contributed by atoms with Gasteiger partial charge in [-0.15, -0.1) is 0 Å². The van der Waals surface area contributed by atoms with Gasteiger partial charge in [0.2, 0.25) is 0 Å². The Hall–Kier alpha value is -2.35. The van der Waals surface area contributed by atoms with Crippen LogP contribution in [-0.2, 0) is 6.54 Å². The van der Waals surface area contributed by atoms with Crippen LogP contribution in [0.4, 0.5) is 5.82 Å². The molecule has 0 spiro atoms. The Labute approximate surface area is 106 Å². The fraction of sp³-hybridized carbons (Fsp3) is 0.308. The maximum atomic E-state index is 9.05. The largest absolute Gasteiger partial charge is 0.464 e. The summed E-state index contributed by atoms with van der Waals surface area (Å²) in [6.45, 7) is 4.27. The lowest BCUT2D eigenvalue weighted by atomic mass is 10.3. The molecule has 0 saturated carbocycles. The monoisotopic (exact) mass is 242 g/mol. The van der Waals surface area contributed by atoms with Gasteiger partial charge in [0.1, 0.15) is 34.8 Å². The maximum absolute atomic E-state index is 9.05. The van der Waals surface area contributed by atoms with Crippen LogP contribution in [0.3, 0.4) is 0 Å². The van der Waals surface area contributed by atoms with Crippen molar-refractivity contribution in [3.8, 4) is 6.07 Å². The zero-order chi connectivity index (χ0) is 13.1. The Morgan fingerprint density at radius 1 is 1.39 bits per heavy atom. The molecule has 5 heteroatoms. The van der Waals surface area contributed by atoms with E-state index in [1.54, 1.807) is 13.1 Å². The number of hydrogen-bond acceptors (Lipinski definition) is 5. The second kappa shape index (κ2) is 4.88. The highest BCUT2D eigenvalue weighted by molar-refractivity contribution is 5.52. The van der Waals surface area contributed by atoms with Gasteiger partial charge in [-0.25, -0.2) is 9.97 Å². The summed E-state index contributed by atoms with van der Waals surface area (Å²) in [4.78, 5) is 10.2. The van der Waals surface area contributed by atoms with Crippen LogP contribution in [0.2, 0.25) is 0 Å². The molecule has 0 saturated heterocycles. The minimum absolute atomic E-state index is 0.464. The van der Waals surface area contributed by atoms with Crippen LogP contribution in [0.1, 0.15) is 22.9 Å². The first-order valence-corrected chi connectivity index (χ1v) is 5.60. The van der Waals surface area contributed by atoms with Gasteiger partial charge in [0, 0.05) is 7.05 Å². The van der Waals surface area contributed by atoms with E-state index in [0.29, 0.717) is 23.8 Å². The summed E-state index contributed by atoms with van der Waals surface area (Å²) >= 11 is 0. The molecule has 0 amide bonds. The molecule has 0 aliphatic rings. The van der Waals surface area contributed by atoms with E-state index in [1.165, 1.54) is 0 Å². The van der Waals surface area contributed by atoms with Crippen molar-refractivity contribution in [1.29, 1.82) is 5.26 Å². The van der Waals surface area contributed by atoms with E-state index >= 15 is 0 Å². The first-order valence-electron chi connectivity index (χ1n) is 5.60. The van der Waals surface area contributed by atoms with Crippen molar-refractivity contribution in [1.82, 2.24) is 9.97 Å². The summed E-state index contributed by atoms with van der Waals surface area (Å²) in [5, 5.41) is 9.05. The van der Waals surface area contributed by atoms with Crippen LogP contribution >= 0.6 is 0 Å². The molecule has 0 bridgehead atoms. The smallest absolute Gasteiger partial charge is 0.150 e. The first-order chi connectivity index (χ1) is 8.60. The van der Waals surface area contributed by atoms with Gasteiger partial charge in [-0.2, -0.15) is 5.26 Å². The zero-order valence-corrected chi connectivity index (χ0v) is 10.6. The van der Waals surface area contributed by atoms with Crippen LogP contribution in [0.5, 0.6) is 0 Å². The summed E-state index contributed by atoms with van der Waals surface area (Å²) in [5.74, 6) is 2.98. The van der Waals surface area contributed by atoms with Crippen molar-refractivity contribution in [2.45, 2.75) is 20.4 Å². The Kier molecular flexibility index (Phi) is 3.28. The Morgan fingerprint density at radius 2 is 2.17 bits per heavy atom. The Morgan fingerprint density at radius 3 is 2.78 bits per heavy atom. The lowest BCUT2D eigenvalue weighted by Crippen LogP contribution is -2.19. The summed E-state index contributed by atoms with van der Waals surface area (Å²) in [5.41, 5.74) is 0.464. The fourth-order valence-corrected chi connectivity index (χ4v) is 1.71. The highest BCUT2D eigenvalue weighted by Crippen LogP contribution is 2.18. The van der Waals surface area contributed by atoms with Gasteiger partial charge >= 0.3 is 0 Å². The molecular formula is C13H14N4O. The number of rotatable bonds is 3. The van der Waals surface area contributed by atoms with Gasteiger partial charge in [0.25, 0.3) is 0 Å². The van der Waals surface area contributed by atoms with Gasteiger partial charge in [-0.1, -0.05) is 0 Å². The Balaban J connectivity index is 2.26. The summed E-state index contributed by atoms with van der Waals surface area (Å²) in [6, 6.07) is 5.94. The van der Waals surface area contributed by atoms with Crippen molar-refractivity contribution < 1.29 is 4.42 Å². The van der Waals surface area contributed by atoms with E-state index in [1.807, 2.05) is 31.0 Å².